The second kappa shape index (κ2) is 3.75. The van der Waals surface area contributed by atoms with Gasteiger partial charge in [0, 0.05) is 18.8 Å². The van der Waals surface area contributed by atoms with Gasteiger partial charge in [-0.05, 0) is 13.0 Å². The number of aromatic nitrogens is 2. The second-order valence-corrected chi connectivity index (χ2v) is 2.82. The van der Waals surface area contributed by atoms with E-state index < -0.39 is 5.97 Å². The molecule has 14 heavy (non-hydrogen) atoms. The number of hydrogen-bond acceptors (Lipinski definition) is 3. The first-order valence-electron chi connectivity index (χ1n) is 3.90. The Labute approximate surface area is 80.9 Å². The van der Waals surface area contributed by atoms with Crippen molar-refractivity contribution in [2.24, 2.45) is 7.05 Å². The first-order chi connectivity index (χ1) is 6.54. The Kier molecular flexibility index (Phi) is 2.67. The van der Waals surface area contributed by atoms with Crippen LogP contribution in [-0.2, 0) is 11.8 Å². The third kappa shape index (κ3) is 1.98. The number of hydrogen-bond donors (Lipinski definition) is 1. The van der Waals surface area contributed by atoms with E-state index >= 15 is 0 Å². The molecule has 1 aromatic heterocycles. The summed E-state index contributed by atoms with van der Waals surface area (Å²) in [5.41, 5.74) is 1.05. The SMILES string of the molecule is Cc1nn(C)cc1/C=C(/C#N)C(=O)O. The van der Waals surface area contributed by atoms with E-state index in [9.17, 15) is 4.79 Å². The fraction of sp³-hybridized carbons (Fsp3) is 0.222. The zero-order chi connectivity index (χ0) is 10.7. The summed E-state index contributed by atoms with van der Waals surface area (Å²) >= 11 is 0. The van der Waals surface area contributed by atoms with Crippen LogP contribution in [0.4, 0.5) is 0 Å². The number of nitriles is 1. The molecule has 0 amide bonds. The maximum absolute atomic E-state index is 10.5. The predicted octanol–water partition coefficient (Wildman–Crippen LogP) is 0.720. The van der Waals surface area contributed by atoms with E-state index in [1.807, 2.05) is 0 Å². The Bertz CT molecular complexity index is 437. The van der Waals surface area contributed by atoms with Gasteiger partial charge in [0.1, 0.15) is 11.6 Å². The molecule has 0 bridgehead atoms. The van der Waals surface area contributed by atoms with Crippen molar-refractivity contribution in [3.8, 4) is 6.07 Å². The highest BCUT2D eigenvalue weighted by molar-refractivity contribution is 5.96. The highest BCUT2D eigenvalue weighted by Gasteiger charge is 2.08. The lowest BCUT2D eigenvalue weighted by Crippen LogP contribution is -1.97. The molecular formula is C9H9N3O2. The van der Waals surface area contributed by atoms with Crippen molar-refractivity contribution in [1.82, 2.24) is 9.78 Å². The molecule has 5 heteroatoms. The van der Waals surface area contributed by atoms with Crippen molar-refractivity contribution in [3.63, 3.8) is 0 Å². The molecule has 0 aliphatic heterocycles. The summed E-state index contributed by atoms with van der Waals surface area (Å²) in [6.45, 7) is 1.75. The van der Waals surface area contributed by atoms with Gasteiger partial charge in [-0.2, -0.15) is 10.4 Å². The van der Waals surface area contributed by atoms with Crippen LogP contribution in [-0.4, -0.2) is 20.9 Å². The van der Waals surface area contributed by atoms with Crippen molar-refractivity contribution in [1.29, 1.82) is 5.26 Å². The van der Waals surface area contributed by atoms with Gasteiger partial charge in [0.05, 0.1) is 5.69 Å². The minimum atomic E-state index is -1.23. The molecule has 0 atom stereocenters. The van der Waals surface area contributed by atoms with E-state index in [2.05, 4.69) is 5.10 Å². The fourth-order valence-electron chi connectivity index (χ4n) is 1.06. The Morgan fingerprint density at radius 1 is 1.79 bits per heavy atom. The van der Waals surface area contributed by atoms with E-state index in [1.54, 1.807) is 30.9 Å². The fourth-order valence-corrected chi connectivity index (χ4v) is 1.06. The summed E-state index contributed by atoms with van der Waals surface area (Å²) in [7, 11) is 1.73. The summed E-state index contributed by atoms with van der Waals surface area (Å²) in [6.07, 6.45) is 2.97. The van der Waals surface area contributed by atoms with Gasteiger partial charge >= 0.3 is 5.97 Å². The predicted molar refractivity (Wildman–Crippen MR) is 49.2 cm³/mol. The molecule has 1 N–H and O–H groups in total. The van der Waals surface area contributed by atoms with Crippen molar-refractivity contribution >= 4 is 12.0 Å². The number of carboxylic acid groups (broad SMARTS) is 1. The standard InChI is InChI=1S/C9H9N3O2/c1-6-8(5-12(2)11-6)3-7(4-10)9(13)14/h3,5H,1-2H3,(H,13,14)/b7-3-. The maximum atomic E-state index is 10.5. The maximum Gasteiger partial charge on any atom is 0.346 e. The van der Waals surface area contributed by atoms with Crippen LogP contribution in [0.1, 0.15) is 11.3 Å². The van der Waals surface area contributed by atoms with Crippen LogP contribution in [0.5, 0.6) is 0 Å². The van der Waals surface area contributed by atoms with Crippen LogP contribution in [0.3, 0.4) is 0 Å². The lowest BCUT2D eigenvalue weighted by Gasteiger charge is -1.89. The highest BCUT2D eigenvalue weighted by atomic mass is 16.4. The van der Waals surface area contributed by atoms with Crippen LogP contribution >= 0.6 is 0 Å². The van der Waals surface area contributed by atoms with Crippen LogP contribution < -0.4 is 0 Å². The first-order valence-corrected chi connectivity index (χ1v) is 3.90. The van der Waals surface area contributed by atoms with Gasteiger partial charge in [-0.1, -0.05) is 0 Å². The molecule has 1 heterocycles. The number of carboxylic acids is 1. The Morgan fingerprint density at radius 2 is 2.43 bits per heavy atom. The summed E-state index contributed by atoms with van der Waals surface area (Å²) in [6, 6.07) is 1.61. The van der Waals surface area contributed by atoms with Crippen molar-refractivity contribution in [2.45, 2.75) is 6.92 Å². The van der Waals surface area contributed by atoms with Gasteiger partial charge in [0.15, 0.2) is 0 Å². The molecule has 0 radical (unpaired) electrons. The Hall–Kier alpha value is -2.09. The second-order valence-electron chi connectivity index (χ2n) is 2.82. The minimum absolute atomic E-state index is 0.291. The third-order valence-electron chi connectivity index (χ3n) is 1.70. The lowest BCUT2D eigenvalue weighted by molar-refractivity contribution is -0.132. The van der Waals surface area contributed by atoms with Crippen LogP contribution in [0.15, 0.2) is 11.8 Å². The number of nitrogens with zero attached hydrogens (tertiary/aromatic N) is 3. The average Bonchev–Trinajstić information content (AvgIpc) is 2.40. The minimum Gasteiger partial charge on any atom is -0.477 e. The molecule has 72 valence electrons. The van der Waals surface area contributed by atoms with Gasteiger partial charge in [-0.3, -0.25) is 4.68 Å². The molecule has 0 fully saturated rings. The molecule has 0 aliphatic carbocycles. The molecule has 0 saturated heterocycles. The summed E-state index contributed by atoms with van der Waals surface area (Å²) in [4.78, 5) is 10.5. The van der Waals surface area contributed by atoms with Gasteiger partial charge in [0.2, 0.25) is 0 Å². The van der Waals surface area contributed by atoms with E-state index in [1.165, 1.54) is 6.08 Å². The molecule has 1 aromatic rings. The molecular weight excluding hydrogens is 182 g/mol. The quantitative estimate of drug-likeness (QED) is 0.551. The molecule has 0 unspecified atom stereocenters. The van der Waals surface area contributed by atoms with Crippen molar-refractivity contribution in [2.75, 3.05) is 0 Å². The van der Waals surface area contributed by atoms with E-state index in [0.29, 0.717) is 11.3 Å². The van der Waals surface area contributed by atoms with E-state index in [-0.39, 0.29) is 5.57 Å². The van der Waals surface area contributed by atoms with E-state index in [0.717, 1.165) is 0 Å². The Morgan fingerprint density at radius 3 is 2.79 bits per heavy atom. The first kappa shape index (κ1) is 9.99. The lowest BCUT2D eigenvalue weighted by atomic mass is 10.2. The smallest absolute Gasteiger partial charge is 0.346 e. The molecule has 0 spiro atoms. The zero-order valence-corrected chi connectivity index (χ0v) is 7.85. The number of rotatable bonds is 2. The van der Waals surface area contributed by atoms with Gasteiger partial charge in [-0.25, -0.2) is 4.79 Å². The van der Waals surface area contributed by atoms with Crippen molar-refractivity contribution in [3.05, 3.63) is 23.0 Å². The molecule has 5 nitrogen and oxygen atoms in total. The zero-order valence-electron chi connectivity index (χ0n) is 7.85. The Balaban J connectivity index is 3.14. The van der Waals surface area contributed by atoms with Crippen LogP contribution in [0, 0.1) is 18.3 Å². The number of aliphatic carboxylic acids is 1. The summed E-state index contributed by atoms with van der Waals surface area (Å²) in [5.74, 6) is -1.23. The molecule has 0 saturated carbocycles. The van der Waals surface area contributed by atoms with Gasteiger partial charge < -0.3 is 5.11 Å². The number of carbonyl (C=O) groups is 1. The monoisotopic (exact) mass is 191 g/mol. The van der Waals surface area contributed by atoms with Gasteiger partial charge in [0.25, 0.3) is 0 Å². The topological polar surface area (TPSA) is 78.9 Å². The summed E-state index contributed by atoms with van der Waals surface area (Å²) < 4.78 is 1.57. The average molecular weight is 191 g/mol. The molecule has 1 rings (SSSR count). The van der Waals surface area contributed by atoms with Crippen LogP contribution in [0.25, 0.3) is 6.08 Å². The molecule has 0 aliphatic rings. The van der Waals surface area contributed by atoms with Crippen molar-refractivity contribution < 1.29 is 9.90 Å². The van der Waals surface area contributed by atoms with E-state index in [4.69, 9.17) is 10.4 Å². The molecule has 0 aromatic carbocycles. The largest absolute Gasteiger partial charge is 0.477 e. The van der Waals surface area contributed by atoms with Gasteiger partial charge in [-0.15, -0.1) is 0 Å². The third-order valence-corrected chi connectivity index (χ3v) is 1.70. The summed E-state index contributed by atoms with van der Waals surface area (Å²) in [5, 5.41) is 21.2. The number of aryl methyl sites for hydroxylation is 2. The van der Waals surface area contributed by atoms with Crippen LogP contribution in [0.2, 0.25) is 0 Å². The highest BCUT2D eigenvalue weighted by Crippen LogP contribution is 2.10. The normalized spacial score (nSPS) is 11.1.